The average molecular weight is 481 g/mol. The number of hydrogen-bond acceptors (Lipinski definition) is 7. The molecule has 10 nitrogen and oxygen atoms in total. The van der Waals surface area contributed by atoms with Gasteiger partial charge in [0.15, 0.2) is 0 Å². The normalized spacial score (nSPS) is 18.3. The Kier molecular flexibility index (Phi) is 10.6. The average Bonchev–Trinajstić information content (AvgIpc) is 3.31. The molecule has 6 N–H and O–H groups in total. The highest BCUT2D eigenvalue weighted by atomic mass is 32.2. The third-order valence-corrected chi connectivity index (χ3v) is 6.14. The maximum Gasteiger partial charge on any atom is 0.326 e. The molecule has 0 aromatic heterocycles. The van der Waals surface area contributed by atoms with Crippen LogP contribution in [0.1, 0.15) is 24.8 Å². The van der Waals surface area contributed by atoms with E-state index in [1.54, 1.807) is 24.3 Å². The minimum absolute atomic E-state index is 0.154. The molecule has 1 fully saturated rings. The number of aliphatic carboxylic acids is 1. The number of carbonyl (C=O) groups is 4. The molecule has 0 spiro atoms. The summed E-state index contributed by atoms with van der Waals surface area (Å²) in [6.07, 6.45) is 3.29. The van der Waals surface area contributed by atoms with E-state index >= 15 is 0 Å². The first-order valence-corrected chi connectivity index (χ1v) is 12.2. The van der Waals surface area contributed by atoms with Gasteiger partial charge in [-0.3, -0.25) is 14.4 Å². The molecule has 0 bridgehead atoms. The van der Waals surface area contributed by atoms with Crippen LogP contribution in [0.4, 0.5) is 0 Å². The summed E-state index contributed by atoms with van der Waals surface area (Å²) in [4.78, 5) is 51.5. The number of amides is 3. The Bertz CT molecular complexity index is 824. The van der Waals surface area contributed by atoms with Crippen molar-refractivity contribution in [1.29, 1.82) is 0 Å². The van der Waals surface area contributed by atoms with Crippen molar-refractivity contribution in [2.24, 2.45) is 5.73 Å². The second kappa shape index (κ2) is 13.2. The minimum atomic E-state index is -1.19. The van der Waals surface area contributed by atoms with Gasteiger partial charge in [-0.25, -0.2) is 4.79 Å². The molecule has 1 aromatic rings. The highest BCUT2D eigenvalue weighted by molar-refractivity contribution is 7.98. The molecular weight excluding hydrogens is 448 g/mol. The third-order valence-electron chi connectivity index (χ3n) is 5.50. The number of nitrogens with one attached hydrogen (secondary N) is 2. The number of benzene rings is 1. The van der Waals surface area contributed by atoms with Gasteiger partial charge in [0.05, 0.1) is 6.61 Å². The number of likely N-dealkylation sites (tertiary alicyclic amines) is 1. The molecule has 182 valence electrons. The molecule has 1 aliphatic heterocycles. The second-order valence-electron chi connectivity index (χ2n) is 7.91. The van der Waals surface area contributed by atoms with E-state index in [0.717, 1.165) is 5.56 Å². The Balaban J connectivity index is 2.20. The van der Waals surface area contributed by atoms with Crippen molar-refractivity contribution < 1.29 is 29.4 Å². The standard InChI is InChI=1S/C22H32N4O6S/c1-33-11-9-16(21(30)26-10-5-8-18(26)22(31)32)24-20(29)17(25-19(28)15(23)13-27)12-14-6-3-2-4-7-14/h2-4,6-7,15-18,27H,5,8-13,23H2,1H3,(H,24,29)(H,25,28)(H,31,32). The van der Waals surface area contributed by atoms with Gasteiger partial charge in [0, 0.05) is 13.0 Å². The summed E-state index contributed by atoms with van der Waals surface area (Å²) >= 11 is 1.50. The Hall–Kier alpha value is -2.63. The molecule has 4 atom stereocenters. The van der Waals surface area contributed by atoms with Gasteiger partial charge in [-0.2, -0.15) is 11.8 Å². The predicted octanol–water partition coefficient (Wildman–Crippen LogP) is -0.653. The summed E-state index contributed by atoms with van der Waals surface area (Å²) in [5.41, 5.74) is 6.37. The molecule has 3 amide bonds. The number of aliphatic hydroxyl groups excluding tert-OH is 1. The van der Waals surface area contributed by atoms with E-state index in [0.29, 0.717) is 31.6 Å². The first-order valence-electron chi connectivity index (χ1n) is 10.8. The second-order valence-corrected chi connectivity index (χ2v) is 8.90. The topological polar surface area (TPSA) is 162 Å². The largest absolute Gasteiger partial charge is 0.480 e. The van der Waals surface area contributed by atoms with Crippen molar-refractivity contribution in [2.75, 3.05) is 25.2 Å². The molecule has 0 aliphatic carbocycles. The summed E-state index contributed by atoms with van der Waals surface area (Å²) in [5, 5.41) is 23.9. The molecule has 0 saturated carbocycles. The number of hydrogen-bond donors (Lipinski definition) is 5. The quantitative estimate of drug-likeness (QED) is 0.263. The Morgan fingerprint density at radius 3 is 2.42 bits per heavy atom. The van der Waals surface area contributed by atoms with Crippen LogP contribution in [0.5, 0.6) is 0 Å². The van der Waals surface area contributed by atoms with Crippen LogP contribution in [-0.2, 0) is 25.6 Å². The van der Waals surface area contributed by atoms with Gasteiger partial charge in [0.25, 0.3) is 0 Å². The molecule has 0 radical (unpaired) electrons. The SMILES string of the molecule is CSCCC(NC(=O)C(Cc1ccccc1)NC(=O)C(N)CO)C(=O)N1CCCC1C(=O)O. The van der Waals surface area contributed by atoms with Crippen LogP contribution in [0.25, 0.3) is 0 Å². The smallest absolute Gasteiger partial charge is 0.326 e. The zero-order chi connectivity index (χ0) is 24.4. The van der Waals surface area contributed by atoms with Crippen LogP contribution >= 0.6 is 11.8 Å². The minimum Gasteiger partial charge on any atom is -0.480 e. The lowest BCUT2D eigenvalue weighted by Gasteiger charge is -2.29. The van der Waals surface area contributed by atoms with Crippen LogP contribution in [0.15, 0.2) is 30.3 Å². The van der Waals surface area contributed by atoms with E-state index in [2.05, 4.69) is 10.6 Å². The van der Waals surface area contributed by atoms with E-state index in [1.807, 2.05) is 12.3 Å². The fourth-order valence-electron chi connectivity index (χ4n) is 3.67. The lowest BCUT2D eigenvalue weighted by Crippen LogP contribution is -2.58. The number of aliphatic hydroxyl groups is 1. The Labute approximate surface area is 197 Å². The molecular formula is C22H32N4O6S. The zero-order valence-corrected chi connectivity index (χ0v) is 19.4. The van der Waals surface area contributed by atoms with E-state index in [-0.39, 0.29) is 6.42 Å². The van der Waals surface area contributed by atoms with Crippen LogP contribution in [0, 0.1) is 0 Å². The van der Waals surface area contributed by atoms with Gasteiger partial charge < -0.3 is 31.5 Å². The van der Waals surface area contributed by atoms with Crippen molar-refractivity contribution in [1.82, 2.24) is 15.5 Å². The maximum absolute atomic E-state index is 13.2. The highest BCUT2D eigenvalue weighted by Gasteiger charge is 2.38. The number of nitrogens with zero attached hydrogens (tertiary/aromatic N) is 1. The van der Waals surface area contributed by atoms with E-state index in [1.165, 1.54) is 16.7 Å². The number of carbonyl (C=O) groups excluding carboxylic acids is 3. The number of carboxylic acid groups (broad SMARTS) is 1. The van der Waals surface area contributed by atoms with Crippen LogP contribution in [0.3, 0.4) is 0 Å². The van der Waals surface area contributed by atoms with Gasteiger partial charge >= 0.3 is 5.97 Å². The van der Waals surface area contributed by atoms with Crippen molar-refractivity contribution in [3.05, 3.63) is 35.9 Å². The summed E-state index contributed by atoms with van der Waals surface area (Å²) in [5.74, 6) is -2.20. The molecule has 33 heavy (non-hydrogen) atoms. The zero-order valence-electron chi connectivity index (χ0n) is 18.6. The first kappa shape index (κ1) is 26.6. The summed E-state index contributed by atoms with van der Waals surface area (Å²) in [6.45, 7) is -0.261. The fourth-order valence-corrected chi connectivity index (χ4v) is 4.14. The van der Waals surface area contributed by atoms with Crippen LogP contribution in [0.2, 0.25) is 0 Å². The lowest BCUT2D eigenvalue weighted by atomic mass is 10.0. The van der Waals surface area contributed by atoms with E-state index in [9.17, 15) is 24.3 Å². The Morgan fingerprint density at radius 1 is 1.15 bits per heavy atom. The maximum atomic E-state index is 13.2. The monoisotopic (exact) mass is 480 g/mol. The number of nitrogens with two attached hydrogens (primary N) is 1. The molecule has 2 rings (SSSR count). The molecule has 1 aliphatic rings. The highest BCUT2D eigenvalue weighted by Crippen LogP contribution is 2.20. The van der Waals surface area contributed by atoms with Crippen molar-refractivity contribution in [3.8, 4) is 0 Å². The third kappa shape index (κ3) is 7.72. The molecule has 1 heterocycles. The van der Waals surface area contributed by atoms with Crippen molar-refractivity contribution >= 4 is 35.5 Å². The van der Waals surface area contributed by atoms with Gasteiger partial charge in [-0.05, 0) is 36.8 Å². The van der Waals surface area contributed by atoms with E-state index in [4.69, 9.17) is 10.8 Å². The predicted molar refractivity (Wildman–Crippen MR) is 124 cm³/mol. The van der Waals surface area contributed by atoms with Crippen molar-refractivity contribution in [2.45, 2.75) is 49.9 Å². The molecule has 4 unspecified atom stereocenters. The van der Waals surface area contributed by atoms with Gasteiger partial charge in [-0.1, -0.05) is 30.3 Å². The summed E-state index contributed by atoms with van der Waals surface area (Å²) in [6, 6.07) is 4.98. The first-order chi connectivity index (χ1) is 15.8. The number of carboxylic acids is 1. The van der Waals surface area contributed by atoms with E-state index < -0.39 is 54.5 Å². The Morgan fingerprint density at radius 2 is 1.82 bits per heavy atom. The molecule has 1 saturated heterocycles. The van der Waals surface area contributed by atoms with Gasteiger partial charge in [0.2, 0.25) is 17.7 Å². The fraction of sp³-hybridized carbons (Fsp3) is 0.545. The summed E-state index contributed by atoms with van der Waals surface area (Å²) < 4.78 is 0. The van der Waals surface area contributed by atoms with Crippen LogP contribution < -0.4 is 16.4 Å². The van der Waals surface area contributed by atoms with Crippen LogP contribution in [-0.4, -0.2) is 88.1 Å². The number of rotatable bonds is 12. The summed E-state index contributed by atoms with van der Waals surface area (Å²) in [7, 11) is 0. The van der Waals surface area contributed by atoms with Gasteiger partial charge in [-0.15, -0.1) is 0 Å². The molecule has 1 aromatic carbocycles. The van der Waals surface area contributed by atoms with Gasteiger partial charge in [0.1, 0.15) is 24.2 Å². The van der Waals surface area contributed by atoms with Crippen molar-refractivity contribution in [3.63, 3.8) is 0 Å². The lowest BCUT2D eigenvalue weighted by molar-refractivity contribution is -0.149. The molecule has 11 heteroatoms. The number of thioether (sulfide) groups is 1.